The number of imide groups is 1. The fourth-order valence-electron chi connectivity index (χ4n) is 2.21. The van der Waals surface area contributed by atoms with Gasteiger partial charge in [0.05, 0.1) is 0 Å². The van der Waals surface area contributed by atoms with Crippen molar-refractivity contribution < 1.29 is 9.59 Å². The first-order chi connectivity index (χ1) is 8.41. The van der Waals surface area contributed by atoms with Crippen LogP contribution >= 0.6 is 12.2 Å². The maximum Gasteiger partial charge on any atom is 0.325 e. The fourth-order valence-corrected chi connectivity index (χ4v) is 2.54. The predicted octanol–water partition coefficient (Wildman–Crippen LogP) is 0.0989. The number of nitrogens with zero attached hydrogens (tertiary/aromatic N) is 2. The summed E-state index contributed by atoms with van der Waals surface area (Å²) in [4.78, 5) is 26.8. The van der Waals surface area contributed by atoms with Crippen molar-refractivity contribution in [2.45, 2.75) is 32.5 Å². The maximum atomic E-state index is 11.9. The van der Waals surface area contributed by atoms with Crippen LogP contribution in [0, 0.1) is 5.92 Å². The lowest BCUT2D eigenvalue weighted by Gasteiger charge is -2.35. The third kappa shape index (κ3) is 2.14. The summed E-state index contributed by atoms with van der Waals surface area (Å²) in [6, 6.07) is -0.804. The average molecular weight is 270 g/mol. The first-order valence-corrected chi connectivity index (χ1v) is 6.47. The van der Waals surface area contributed by atoms with Gasteiger partial charge in [0.2, 0.25) is 0 Å². The van der Waals surface area contributed by atoms with E-state index in [0.29, 0.717) is 11.0 Å². The van der Waals surface area contributed by atoms with E-state index in [0.717, 1.165) is 13.0 Å². The van der Waals surface area contributed by atoms with Gasteiger partial charge in [-0.1, -0.05) is 13.8 Å². The number of likely N-dealkylation sites (N-methyl/N-ethyl adjacent to an activating group) is 1. The smallest absolute Gasteiger partial charge is 0.325 e. The molecular formula is C11H18N4O2S. The molecule has 2 saturated heterocycles. The topological polar surface area (TPSA) is 64.7 Å². The molecule has 7 heteroatoms. The van der Waals surface area contributed by atoms with Crippen molar-refractivity contribution in [1.82, 2.24) is 20.4 Å². The summed E-state index contributed by atoms with van der Waals surface area (Å²) >= 11 is 5.25. The summed E-state index contributed by atoms with van der Waals surface area (Å²) in [5.41, 5.74) is 0. The third-order valence-corrected chi connectivity index (χ3v) is 3.70. The minimum absolute atomic E-state index is 0.279. The Labute approximate surface area is 112 Å². The molecule has 2 heterocycles. The third-order valence-electron chi connectivity index (χ3n) is 3.35. The van der Waals surface area contributed by atoms with E-state index in [1.165, 1.54) is 4.90 Å². The highest BCUT2D eigenvalue weighted by atomic mass is 32.1. The fraction of sp³-hybridized carbons (Fsp3) is 0.727. The SMILES string of the molecule is CC(C)CCN1C(=S)NC2C1C(=O)NC(=O)N2C. The minimum atomic E-state index is -0.418. The molecule has 2 N–H and O–H groups in total. The van der Waals surface area contributed by atoms with Crippen molar-refractivity contribution in [3.8, 4) is 0 Å². The molecule has 0 radical (unpaired) electrons. The van der Waals surface area contributed by atoms with E-state index < -0.39 is 6.04 Å². The number of hydrogen-bond donors (Lipinski definition) is 2. The van der Waals surface area contributed by atoms with Crippen LogP contribution in [0.15, 0.2) is 0 Å². The Hall–Kier alpha value is -1.37. The van der Waals surface area contributed by atoms with Gasteiger partial charge in [0.1, 0.15) is 12.2 Å². The molecule has 3 amide bonds. The van der Waals surface area contributed by atoms with Crippen LogP contribution in [0.4, 0.5) is 4.79 Å². The summed E-state index contributed by atoms with van der Waals surface area (Å²) in [6.07, 6.45) is 0.599. The molecule has 0 saturated carbocycles. The Kier molecular flexibility index (Phi) is 3.43. The van der Waals surface area contributed by atoms with Crippen LogP contribution in [0.3, 0.4) is 0 Å². The Morgan fingerprint density at radius 2 is 2.06 bits per heavy atom. The molecule has 0 aromatic rings. The van der Waals surface area contributed by atoms with Crippen molar-refractivity contribution in [1.29, 1.82) is 0 Å². The second kappa shape index (κ2) is 4.72. The lowest BCUT2D eigenvalue weighted by Crippen LogP contribution is -2.64. The monoisotopic (exact) mass is 270 g/mol. The Morgan fingerprint density at radius 3 is 2.67 bits per heavy atom. The van der Waals surface area contributed by atoms with Crippen LogP contribution in [-0.4, -0.2) is 52.7 Å². The number of thiocarbonyl (C=S) groups is 1. The van der Waals surface area contributed by atoms with Gasteiger partial charge >= 0.3 is 6.03 Å². The first-order valence-electron chi connectivity index (χ1n) is 6.06. The molecule has 2 atom stereocenters. The summed E-state index contributed by atoms with van der Waals surface area (Å²) in [6.45, 7) is 4.97. The summed E-state index contributed by atoms with van der Waals surface area (Å²) in [5, 5.41) is 5.93. The molecule has 2 aliphatic heterocycles. The van der Waals surface area contributed by atoms with Crippen LogP contribution in [0.2, 0.25) is 0 Å². The van der Waals surface area contributed by atoms with Gasteiger partial charge in [-0.05, 0) is 24.6 Å². The van der Waals surface area contributed by atoms with Gasteiger partial charge in [-0.25, -0.2) is 4.79 Å². The van der Waals surface area contributed by atoms with Gasteiger partial charge in [-0.2, -0.15) is 0 Å². The molecule has 6 nitrogen and oxygen atoms in total. The van der Waals surface area contributed by atoms with Crippen molar-refractivity contribution in [2.75, 3.05) is 13.6 Å². The maximum absolute atomic E-state index is 11.9. The van der Waals surface area contributed by atoms with Crippen molar-refractivity contribution in [2.24, 2.45) is 5.92 Å². The lowest BCUT2D eigenvalue weighted by molar-refractivity contribution is -0.127. The van der Waals surface area contributed by atoms with E-state index in [-0.39, 0.29) is 18.1 Å². The van der Waals surface area contributed by atoms with Gasteiger partial charge in [-0.15, -0.1) is 0 Å². The van der Waals surface area contributed by atoms with E-state index in [2.05, 4.69) is 24.5 Å². The zero-order valence-corrected chi connectivity index (χ0v) is 11.6. The van der Waals surface area contributed by atoms with Crippen LogP contribution in [0.25, 0.3) is 0 Å². The number of urea groups is 1. The van der Waals surface area contributed by atoms with E-state index in [1.54, 1.807) is 7.05 Å². The second-order valence-corrected chi connectivity index (χ2v) is 5.51. The summed E-state index contributed by atoms with van der Waals surface area (Å²) < 4.78 is 0. The zero-order chi connectivity index (χ0) is 13.4. The molecule has 2 fully saturated rings. The van der Waals surface area contributed by atoms with Gasteiger partial charge < -0.3 is 15.1 Å². The number of hydrogen-bond acceptors (Lipinski definition) is 3. The normalized spacial score (nSPS) is 27.4. The molecule has 0 bridgehead atoms. The molecule has 2 rings (SSSR count). The Morgan fingerprint density at radius 1 is 1.39 bits per heavy atom. The van der Waals surface area contributed by atoms with E-state index in [4.69, 9.17) is 12.2 Å². The zero-order valence-electron chi connectivity index (χ0n) is 10.8. The van der Waals surface area contributed by atoms with Crippen LogP contribution in [0.1, 0.15) is 20.3 Å². The number of fused-ring (bicyclic) bond motifs is 1. The molecule has 2 aliphatic rings. The standard InChI is InChI=1S/C11H18N4O2S/c1-6(2)4-5-15-7-8(12-11(15)18)14(3)10(17)13-9(7)16/h6-8H,4-5H2,1-3H3,(H,12,18)(H,13,16,17). The highest BCUT2D eigenvalue weighted by Crippen LogP contribution is 2.21. The number of amides is 3. The van der Waals surface area contributed by atoms with Gasteiger partial charge in [0, 0.05) is 13.6 Å². The largest absolute Gasteiger partial charge is 0.340 e. The predicted molar refractivity (Wildman–Crippen MR) is 70.8 cm³/mol. The Balaban J connectivity index is 2.16. The summed E-state index contributed by atoms with van der Waals surface area (Å²) in [5.74, 6) is 0.261. The molecule has 2 unspecified atom stereocenters. The van der Waals surface area contributed by atoms with E-state index in [9.17, 15) is 9.59 Å². The van der Waals surface area contributed by atoms with Crippen LogP contribution in [-0.2, 0) is 4.79 Å². The van der Waals surface area contributed by atoms with Gasteiger partial charge in [-0.3, -0.25) is 10.1 Å². The van der Waals surface area contributed by atoms with E-state index >= 15 is 0 Å². The minimum Gasteiger partial charge on any atom is -0.340 e. The van der Waals surface area contributed by atoms with Crippen LogP contribution < -0.4 is 10.6 Å². The van der Waals surface area contributed by atoms with Crippen LogP contribution in [0.5, 0.6) is 0 Å². The number of carbonyl (C=O) groups excluding carboxylic acids is 2. The molecule has 0 spiro atoms. The highest BCUT2D eigenvalue weighted by molar-refractivity contribution is 7.80. The summed E-state index contributed by atoms with van der Waals surface area (Å²) in [7, 11) is 1.65. The molecule has 0 aromatic heterocycles. The second-order valence-electron chi connectivity index (χ2n) is 5.12. The lowest BCUT2D eigenvalue weighted by atomic mass is 10.1. The first kappa shape index (κ1) is 13.1. The highest BCUT2D eigenvalue weighted by Gasteiger charge is 2.48. The molecule has 0 aromatic carbocycles. The quantitative estimate of drug-likeness (QED) is 0.712. The molecule has 18 heavy (non-hydrogen) atoms. The number of rotatable bonds is 3. The van der Waals surface area contributed by atoms with Crippen molar-refractivity contribution >= 4 is 29.3 Å². The van der Waals surface area contributed by atoms with Gasteiger partial charge in [0.15, 0.2) is 5.11 Å². The molecule has 100 valence electrons. The van der Waals surface area contributed by atoms with Gasteiger partial charge in [0.25, 0.3) is 5.91 Å². The number of carbonyl (C=O) groups is 2. The molecule has 0 aliphatic carbocycles. The Bertz CT molecular complexity index is 399. The van der Waals surface area contributed by atoms with E-state index in [1.807, 2.05) is 4.90 Å². The van der Waals surface area contributed by atoms with Crippen molar-refractivity contribution in [3.63, 3.8) is 0 Å². The number of nitrogens with one attached hydrogen (secondary N) is 2. The van der Waals surface area contributed by atoms with Crippen molar-refractivity contribution in [3.05, 3.63) is 0 Å². The average Bonchev–Trinajstić information content (AvgIpc) is 2.61. The molecular weight excluding hydrogens is 252 g/mol.